The second kappa shape index (κ2) is 9.32. The molecule has 1 aromatic carbocycles. The van der Waals surface area contributed by atoms with E-state index in [1.54, 1.807) is 24.8 Å². The van der Waals surface area contributed by atoms with Crippen molar-refractivity contribution in [1.29, 1.82) is 0 Å². The topological polar surface area (TPSA) is 72.7 Å². The van der Waals surface area contributed by atoms with E-state index in [4.69, 9.17) is 9.47 Å². The van der Waals surface area contributed by atoms with Crippen molar-refractivity contribution in [1.82, 2.24) is 24.6 Å². The fourth-order valence-electron chi connectivity index (χ4n) is 3.87. The number of benzene rings is 1. The summed E-state index contributed by atoms with van der Waals surface area (Å²) in [5.74, 6) is 0.346. The quantitative estimate of drug-likeness (QED) is 0.692. The lowest BCUT2D eigenvalue weighted by Gasteiger charge is -2.42. The van der Waals surface area contributed by atoms with Gasteiger partial charge >= 0.3 is 0 Å². The molecule has 2 aliphatic rings. The van der Waals surface area contributed by atoms with Crippen molar-refractivity contribution in [3.8, 4) is 5.75 Å². The largest absolute Gasteiger partial charge is 0.491 e. The molecule has 0 unspecified atom stereocenters. The molecule has 2 aromatic rings. The van der Waals surface area contributed by atoms with Crippen molar-refractivity contribution >= 4 is 5.91 Å². The summed E-state index contributed by atoms with van der Waals surface area (Å²) < 4.78 is 26.2. The molecule has 156 valence electrons. The Kier molecular flexibility index (Phi) is 6.36. The van der Waals surface area contributed by atoms with E-state index in [2.05, 4.69) is 15.0 Å². The molecule has 29 heavy (non-hydrogen) atoms. The Morgan fingerprint density at radius 2 is 1.97 bits per heavy atom. The number of hydrogen-bond donors (Lipinski definition) is 0. The van der Waals surface area contributed by atoms with Gasteiger partial charge < -0.3 is 19.3 Å². The average molecular weight is 403 g/mol. The summed E-state index contributed by atoms with van der Waals surface area (Å²) >= 11 is 0. The first-order chi connectivity index (χ1) is 14.2. The van der Waals surface area contributed by atoms with Gasteiger partial charge in [0.25, 0.3) is 0 Å². The number of rotatable bonds is 7. The number of ether oxygens (including phenoxy) is 2. The zero-order chi connectivity index (χ0) is 20.1. The molecule has 2 aliphatic heterocycles. The smallest absolute Gasteiger partial charge is 0.248 e. The first-order valence-corrected chi connectivity index (χ1v) is 10.0. The van der Waals surface area contributed by atoms with Crippen molar-refractivity contribution in [2.45, 2.75) is 31.5 Å². The monoisotopic (exact) mass is 403 g/mol. The molecule has 1 aromatic heterocycles. The Labute approximate surface area is 169 Å². The van der Waals surface area contributed by atoms with Gasteiger partial charge in [-0.15, -0.1) is 0 Å². The molecule has 1 atom stereocenters. The molecule has 0 radical (unpaired) electrons. The highest BCUT2D eigenvalue weighted by atomic mass is 19.1. The number of amides is 1. The fourth-order valence-corrected chi connectivity index (χ4v) is 3.87. The van der Waals surface area contributed by atoms with Gasteiger partial charge in [0.1, 0.15) is 43.5 Å². The summed E-state index contributed by atoms with van der Waals surface area (Å²) in [7, 11) is 0. The summed E-state index contributed by atoms with van der Waals surface area (Å²) in [6, 6.07) is 6.15. The number of carbonyl (C=O) groups is 1. The molecule has 4 rings (SSSR count). The van der Waals surface area contributed by atoms with Crippen molar-refractivity contribution in [2.24, 2.45) is 0 Å². The van der Waals surface area contributed by atoms with E-state index < -0.39 is 0 Å². The zero-order valence-electron chi connectivity index (χ0n) is 16.3. The van der Waals surface area contributed by atoms with E-state index in [-0.39, 0.29) is 30.5 Å². The van der Waals surface area contributed by atoms with Crippen LogP contribution in [-0.2, 0) is 16.1 Å². The molecular weight excluding hydrogens is 377 g/mol. The Morgan fingerprint density at radius 3 is 2.69 bits per heavy atom. The highest BCUT2D eigenvalue weighted by Gasteiger charge is 2.33. The number of likely N-dealkylation sites (tertiary alicyclic amines) is 1. The third-order valence-electron chi connectivity index (χ3n) is 5.52. The van der Waals surface area contributed by atoms with Crippen molar-refractivity contribution < 1.29 is 18.7 Å². The van der Waals surface area contributed by atoms with Gasteiger partial charge in [-0.1, -0.05) is 0 Å². The van der Waals surface area contributed by atoms with Crippen LogP contribution in [0.3, 0.4) is 0 Å². The van der Waals surface area contributed by atoms with Crippen LogP contribution in [0.4, 0.5) is 4.39 Å². The molecule has 1 amide bonds. The normalized spacial score (nSPS) is 21.5. The molecule has 0 aliphatic carbocycles. The van der Waals surface area contributed by atoms with Gasteiger partial charge in [-0.3, -0.25) is 9.48 Å². The van der Waals surface area contributed by atoms with Crippen LogP contribution in [0.25, 0.3) is 0 Å². The van der Waals surface area contributed by atoms with Crippen LogP contribution in [-0.4, -0.2) is 82.0 Å². The number of halogens is 1. The minimum Gasteiger partial charge on any atom is -0.491 e. The van der Waals surface area contributed by atoms with Crippen LogP contribution >= 0.6 is 0 Å². The Hall–Kier alpha value is -2.52. The number of morpholine rings is 1. The van der Waals surface area contributed by atoms with Gasteiger partial charge in [0.05, 0.1) is 13.1 Å². The predicted molar refractivity (Wildman–Crippen MR) is 103 cm³/mol. The number of aromatic nitrogens is 3. The third kappa shape index (κ3) is 5.30. The van der Waals surface area contributed by atoms with Gasteiger partial charge in [-0.2, -0.15) is 5.10 Å². The first-order valence-electron chi connectivity index (χ1n) is 10.0. The number of hydrogen-bond acceptors (Lipinski definition) is 6. The second-order valence-corrected chi connectivity index (χ2v) is 7.48. The minimum atomic E-state index is -0.296. The summed E-state index contributed by atoms with van der Waals surface area (Å²) in [5.41, 5.74) is 0. The summed E-state index contributed by atoms with van der Waals surface area (Å²) in [5, 5.41) is 4.13. The van der Waals surface area contributed by atoms with Crippen molar-refractivity contribution in [3.63, 3.8) is 0 Å². The molecule has 0 bridgehead atoms. The molecule has 2 saturated heterocycles. The van der Waals surface area contributed by atoms with E-state index in [9.17, 15) is 9.18 Å². The van der Waals surface area contributed by atoms with Crippen molar-refractivity contribution in [2.75, 3.05) is 39.4 Å². The Morgan fingerprint density at radius 1 is 1.17 bits per heavy atom. The van der Waals surface area contributed by atoms with Crippen LogP contribution < -0.4 is 4.74 Å². The van der Waals surface area contributed by atoms with Gasteiger partial charge in [-0.05, 0) is 37.1 Å². The lowest BCUT2D eigenvalue weighted by Crippen LogP contribution is -2.55. The maximum atomic E-state index is 13.0. The van der Waals surface area contributed by atoms with E-state index in [1.807, 2.05) is 9.58 Å². The van der Waals surface area contributed by atoms with Crippen molar-refractivity contribution in [3.05, 3.63) is 42.7 Å². The Bertz CT molecular complexity index is 778. The Balaban J connectivity index is 1.23. The van der Waals surface area contributed by atoms with E-state index in [0.29, 0.717) is 18.9 Å². The lowest BCUT2D eigenvalue weighted by atomic mass is 10.0. The number of carbonyl (C=O) groups excluding carboxylic acids is 1. The van der Waals surface area contributed by atoms with Gasteiger partial charge in [0.2, 0.25) is 5.91 Å². The van der Waals surface area contributed by atoms with Gasteiger partial charge in [0.15, 0.2) is 0 Å². The molecule has 9 heteroatoms. The maximum absolute atomic E-state index is 13.0. The van der Waals surface area contributed by atoms with Gasteiger partial charge in [-0.25, -0.2) is 9.37 Å². The SMILES string of the molecule is O=C1CO[C@@H](COc2ccc(F)cc2)CN1C1CCN(CCn2cncn2)CC1. The van der Waals surface area contributed by atoms with Crippen LogP contribution in [0.1, 0.15) is 12.8 Å². The lowest BCUT2D eigenvalue weighted by molar-refractivity contribution is -0.155. The van der Waals surface area contributed by atoms with Crippen LogP contribution in [0.2, 0.25) is 0 Å². The van der Waals surface area contributed by atoms with E-state index in [0.717, 1.165) is 39.0 Å². The molecule has 0 N–H and O–H groups in total. The standard InChI is InChI=1S/C20H26FN5O3/c21-16-1-3-18(4-2-16)28-12-19-11-26(20(27)13-29-19)17-5-7-24(8-6-17)9-10-25-15-22-14-23-25/h1-4,14-15,17,19H,5-13H2/t19-/m1/s1. The summed E-state index contributed by atoms with van der Waals surface area (Å²) in [6.07, 6.45) is 5.01. The molecule has 0 saturated carbocycles. The molecule has 2 fully saturated rings. The summed E-state index contributed by atoms with van der Waals surface area (Å²) in [4.78, 5) is 20.7. The minimum absolute atomic E-state index is 0.0455. The molecular formula is C20H26FN5O3. The number of nitrogens with zero attached hydrogens (tertiary/aromatic N) is 5. The second-order valence-electron chi connectivity index (χ2n) is 7.48. The average Bonchev–Trinajstić information content (AvgIpc) is 3.27. The fraction of sp³-hybridized carbons (Fsp3) is 0.550. The highest BCUT2D eigenvalue weighted by Crippen LogP contribution is 2.21. The molecule has 0 spiro atoms. The zero-order valence-corrected chi connectivity index (χ0v) is 16.3. The highest BCUT2D eigenvalue weighted by molar-refractivity contribution is 5.78. The van der Waals surface area contributed by atoms with E-state index in [1.165, 1.54) is 12.1 Å². The number of piperidine rings is 1. The predicted octanol–water partition coefficient (Wildman–Crippen LogP) is 1.19. The van der Waals surface area contributed by atoms with Gasteiger partial charge in [0, 0.05) is 25.7 Å². The van der Waals surface area contributed by atoms with Crippen LogP contribution in [0.5, 0.6) is 5.75 Å². The van der Waals surface area contributed by atoms with E-state index >= 15 is 0 Å². The molecule has 3 heterocycles. The third-order valence-corrected chi connectivity index (χ3v) is 5.52. The maximum Gasteiger partial charge on any atom is 0.248 e. The van der Waals surface area contributed by atoms with Crippen LogP contribution in [0.15, 0.2) is 36.9 Å². The first kappa shape index (κ1) is 19.8. The summed E-state index contributed by atoms with van der Waals surface area (Å²) in [6.45, 7) is 4.63. The molecule has 8 nitrogen and oxygen atoms in total. The van der Waals surface area contributed by atoms with Crippen LogP contribution in [0, 0.1) is 5.82 Å².